The summed E-state index contributed by atoms with van der Waals surface area (Å²) in [6.45, 7) is 10.3. The van der Waals surface area contributed by atoms with Gasteiger partial charge in [0, 0.05) is 24.3 Å². The van der Waals surface area contributed by atoms with Crippen LogP contribution in [0.1, 0.15) is 26.2 Å². The first-order chi connectivity index (χ1) is 11.7. The Kier molecular flexibility index (Phi) is 16.3. The molecule has 0 saturated carbocycles. The van der Waals surface area contributed by atoms with E-state index in [1.165, 1.54) is 12.2 Å². The maximum absolute atomic E-state index is 11.3. The Labute approximate surface area is 149 Å². The van der Waals surface area contributed by atoms with Gasteiger partial charge < -0.3 is 19.5 Å². The molecule has 0 rings (SSSR count). The molecule has 0 aliphatic rings. The SMILES string of the molecule is C=C(CC=CC(=O)O)C(=O)OCCN(C)C.C=CC(=O)OCCCC. The van der Waals surface area contributed by atoms with Gasteiger partial charge in [0.15, 0.2) is 0 Å². The number of aliphatic carboxylic acids is 1. The highest BCUT2D eigenvalue weighted by molar-refractivity contribution is 5.88. The van der Waals surface area contributed by atoms with Gasteiger partial charge in [0.25, 0.3) is 0 Å². The highest BCUT2D eigenvalue weighted by Gasteiger charge is 2.06. The lowest BCUT2D eigenvalue weighted by Crippen LogP contribution is -2.20. The number of carbonyl (C=O) groups is 3. The lowest BCUT2D eigenvalue weighted by Gasteiger charge is -2.10. The van der Waals surface area contributed by atoms with E-state index >= 15 is 0 Å². The Hall–Kier alpha value is -2.41. The Morgan fingerprint density at radius 1 is 1.16 bits per heavy atom. The highest BCUT2D eigenvalue weighted by atomic mass is 16.5. The molecular weight excluding hydrogens is 326 g/mol. The average molecular weight is 355 g/mol. The molecule has 7 nitrogen and oxygen atoms in total. The molecule has 0 heterocycles. The summed E-state index contributed by atoms with van der Waals surface area (Å²) in [5, 5.41) is 8.33. The summed E-state index contributed by atoms with van der Waals surface area (Å²) >= 11 is 0. The molecule has 1 N–H and O–H groups in total. The molecule has 0 unspecified atom stereocenters. The van der Waals surface area contributed by atoms with Crippen LogP contribution >= 0.6 is 0 Å². The third-order valence-corrected chi connectivity index (χ3v) is 2.59. The number of hydrogen-bond acceptors (Lipinski definition) is 6. The molecule has 0 radical (unpaired) electrons. The van der Waals surface area contributed by atoms with Crippen molar-refractivity contribution in [3.05, 3.63) is 37.0 Å². The minimum absolute atomic E-state index is 0.188. The summed E-state index contributed by atoms with van der Waals surface area (Å²) in [4.78, 5) is 33.7. The Bertz CT molecular complexity index is 468. The first-order valence-corrected chi connectivity index (χ1v) is 7.92. The minimum atomic E-state index is -1.05. The smallest absolute Gasteiger partial charge is 0.333 e. The average Bonchev–Trinajstić information content (AvgIpc) is 2.54. The summed E-state index contributed by atoms with van der Waals surface area (Å²) in [5.74, 6) is -1.87. The number of carbonyl (C=O) groups excluding carboxylic acids is 2. The second-order valence-electron chi connectivity index (χ2n) is 5.21. The van der Waals surface area contributed by atoms with Crippen molar-refractivity contribution in [3.8, 4) is 0 Å². The first kappa shape index (κ1) is 24.8. The molecular formula is C18H29NO6. The maximum atomic E-state index is 11.3. The number of likely N-dealkylation sites (N-methyl/N-ethyl adjacent to an activating group) is 1. The van der Waals surface area contributed by atoms with Crippen LogP contribution < -0.4 is 0 Å². The van der Waals surface area contributed by atoms with Gasteiger partial charge >= 0.3 is 17.9 Å². The largest absolute Gasteiger partial charge is 0.478 e. The quantitative estimate of drug-likeness (QED) is 0.345. The highest BCUT2D eigenvalue weighted by Crippen LogP contribution is 2.02. The predicted molar refractivity (Wildman–Crippen MR) is 96.1 cm³/mol. The summed E-state index contributed by atoms with van der Waals surface area (Å²) < 4.78 is 9.59. The molecule has 0 aliphatic carbocycles. The van der Waals surface area contributed by atoms with E-state index in [-0.39, 0.29) is 18.0 Å². The van der Waals surface area contributed by atoms with Gasteiger partial charge in [-0.25, -0.2) is 14.4 Å². The van der Waals surface area contributed by atoms with Crippen LogP contribution in [0.25, 0.3) is 0 Å². The number of rotatable bonds is 11. The third-order valence-electron chi connectivity index (χ3n) is 2.59. The Morgan fingerprint density at radius 3 is 2.28 bits per heavy atom. The summed E-state index contributed by atoms with van der Waals surface area (Å²) in [7, 11) is 3.75. The fourth-order valence-corrected chi connectivity index (χ4v) is 1.18. The Morgan fingerprint density at radius 2 is 1.80 bits per heavy atom. The van der Waals surface area contributed by atoms with Crippen LogP contribution in [0.2, 0.25) is 0 Å². The van der Waals surface area contributed by atoms with E-state index in [4.69, 9.17) is 9.84 Å². The van der Waals surface area contributed by atoms with Crippen molar-refractivity contribution < 1.29 is 29.0 Å². The van der Waals surface area contributed by atoms with E-state index in [0.29, 0.717) is 19.8 Å². The van der Waals surface area contributed by atoms with Crippen molar-refractivity contribution in [2.24, 2.45) is 0 Å². The zero-order chi connectivity index (χ0) is 19.7. The van der Waals surface area contributed by atoms with E-state index in [9.17, 15) is 14.4 Å². The van der Waals surface area contributed by atoms with Crippen molar-refractivity contribution in [3.63, 3.8) is 0 Å². The van der Waals surface area contributed by atoms with Crippen LogP contribution in [0.3, 0.4) is 0 Å². The second kappa shape index (κ2) is 16.4. The number of allylic oxidation sites excluding steroid dienone is 1. The molecule has 0 aromatic heterocycles. The Balaban J connectivity index is 0. The lowest BCUT2D eigenvalue weighted by molar-refractivity contribution is -0.139. The molecule has 0 aliphatic heterocycles. The van der Waals surface area contributed by atoms with Crippen molar-refractivity contribution in [2.45, 2.75) is 26.2 Å². The topological polar surface area (TPSA) is 93.1 Å². The third kappa shape index (κ3) is 19.5. The molecule has 0 amide bonds. The number of nitrogens with zero attached hydrogens (tertiary/aromatic N) is 1. The zero-order valence-corrected chi connectivity index (χ0v) is 15.3. The van der Waals surface area contributed by atoms with Gasteiger partial charge in [0.2, 0.25) is 0 Å². The van der Waals surface area contributed by atoms with Gasteiger partial charge in [-0.3, -0.25) is 0 Å². The van der Waals surface area contributed by atoms with Crippen molar-refractivity contribution in [2.75, 3.05) is 33.9 Å². The predicted octanol–water partition coefficient (Wildman–Crippen LogP) is 2.19. The monoisotopic (exact) mass is 355 g/mol. The molecule has 0 spiro atoms. The molecule has 0 aromatic carbocycles. The van der Waals surface area contributed by atoms with Gasteiger partial charge in [-0.15, -0.1) is 0 Å². The molecule has 142 valence electrons. The lowest BCUT2D eigenvalue weighted by atomic mass is 10.2. The van der Waals surface area contributed by atoms with Crippen LogP contribution in [0.5, 0.6) is 0 Å². The summed E-state index contributed by atoms with van der Waals surface area (Å²) in [6.07, 6.45) is 5.67. The van der Waals surface area contributed by atoms with Crippen LogP contribution in [0.4, 0.5) is 0 Å². The van der Waals surface area contributed by atoms with Crippen LogP contribution in [-0.4, -0.2) is 61.8 Å². The van der Waals surface area contributed by atoms with E-state index in [1.54, 1.807) is 0 Å². The van der Waals surface area contributed by atoms with Crippen LogP contribution in [0.15, 0.2) is 37.0 Å². The zero-order valence-electron chi connectivity index (χ0n) is 15.3. The van der Waals surface area contributed by atoms with Gasteiger partial charge in [0.1, 0.15) is 6.61 Å². The van der Waals surface area contributed by atoms with Crippen molar-refractivity contribution >= 4 is 17.9 Å². The molecule has 0 bridgehead atoms. The second-order valence-corrected chi connectivity index (χ2v) is 5.21. The number of carboxylic acids is 1. The molecule has 0 saturated heterocycles. The van der Waals surface area contributed by atoms with Gasteiger partial charge in [-0.2, -0.15) is 0 Å². The van der Waals surface area contributed by atoms with E-state index in [0.717, 1.165) is 18.9 Å². The number of hydrogen-bond donors (Lipinski definition) is 1. The maximum Gasteiger partial charge on any atom is 0.333 e. The summed E-state index contributed by atoms with van der Waals surface area (Å²) in [5.41, 5.74) is 0.247. The van der Waals surface area contributed by atoms with E-state index < -0.39 is 11.9 Å². The fraction of sp³-hybridized carbons (Fsp3) is 0.500. The number of esters is 2. The van der Waals surface area contributed by atoms with E-state index in [2.05, 4.69) is 17.9 Å². The molecule has 7 heteroatoms. The summed E-state index contributed by atoms with van der Waals surface area (Å²) in [6, 6.07) is 0. The number of carboxylic acid groups (broad SMARTS) is 1. The number of unbranched alkanes of at least 4 members (excludes halogenated alkanes) is 1. The number of ether oxygens (including phenoxy) is 2. The molecule has 0 aromatic rings. The van der Waals surface area contributed by atoms with Gasteiger partial charge in [0.05, 0.1) is 6.61 Å². The van der Waals surface area contributed by atoms with Gasteiger partial charge in [-0.1, -0.05) is 32.6 Å². The minimum Gasteiger partial charge on any atom is -0.478 e. The standard InChI is InChI=1S/C11H17NO4.C7H12O2/c1-9(5-4-6-10(13)14)11(15)16-8-7-12(2)3;1-3-5-6-9-7(8)4-2/h4,6H,1,5,7-8H2,2-3H3,(H,13,14);4H,2-3,5-6H2,1H3. The normalized spacial score (nSPS) is 9.92. The molecule has 25 heavy (non-hydrogen) atoms. The van der Waals surface area contributed by atoms with Crippen molar-refractivity contribution in [1.29, 1.82) is 0 Å². The van der Waals surface area contributed by atoms with Crippen LogP contribution in [0, 0.1) is 0 Å². The molecule has 0 atom stereocenters. The van der Waals surface area contributed by atoms with Gasteiger partial charge in [-0.05, 0) is 26.9 Å². The van der Waals surface area contributed by atoms with Crippen LogP contribution in [-0.2, 0) is 23.9 Å². The molecule has 0 fully saturated rings. The van der Waals surface area contributed by atoms with Crippen molar-refractivity contribution in [1.82, 2.24) is 4.90 Å². The fourth-order valence-electron chi connectivity index (χ4n) is 1.18. The first-order valence-electron chi connectivity index (χ1n) is 7.92. The van der Waals surface area contributed by atoms with E-state index in [1.807, 2.05) is 25.9 Å².